The van der Waals surface area contributed by atoms with Gasteiger partial charge in [-0.3, -0.25) is 4.79 Å². The average Bonchev–Trinajstić information content (AvgIpc) is 2.92. The van der Waals surface area contributed by atoms with Crippen molar-refractivity contribution in [3.63, 3.8) is 0 Å². The van der Waals surface area contributed by atoms with Gasteiger partial charge < -0.3 is 19.7 Å². The number of likely N-dealkylation sites (N-methyl/N-ethyl adjacent to an activating group) is 1. The highest BCUT2D eigenvalue weighted by atomic mass is 16.5. The molecule has 0 aliphatic carbocycles. The summed E-state index contributed by atoms with van der Waals surface area (Å²) in [4.78, 5) is 14.6. The van der Waals surface area contributed by atoms with E-state index in [1.165, 1.54) is 0 Å². The van der Waals surface area contributed by atoms with Gasteiger partial charge in [0.2, 0.25) is 5.91 Å². The van der Waals surface area contributed by atoms with Gasteiger partial charge in [0, 0.05) is 27.3 Å². The molecular weight excluding hydrogens is 244 g/mol. The highest BCUT2D eigenvalue weighted by Crippen LogP contribution is 2.31. The summed E-state index contributed by atoms with van der Waals surface area (Å²) in [6, 6.07) is 0. The summed E-state index contributed by atoms with van der Waals surface area (Å²) in [5.41, 5.74) is -0.340. The lowest BCUT2D eigenvalue weighted by Crippen LogP contribution is -2.51. The number of ether oxygens (including phenoxy) is 2. The zero-order valence-electron chi connectivity index (χ0n) is 12.1. The first-order valence-electron chi connectivity index (χ1n) is 7.25. The highest BCUT2D eigenvalue weighted by Gasteiger charge is 2.41. The number of hydrogen-bond donors (Lipinski definition) is 1. The zero-order chi connectivity index (χ0) is 13.7. The van der Waals surface area contributed by atoms with Crippen LogP contribution in [-0.2, 0) is 14.3 Å². The third kappa shape index (κ3) is 3.46. The van der Waals surface area contributed by atoms with Gasteiger partial charge in [0.15, 0.2) is 0 Å². The topological polar surface area (TPSA) is 50.8 Å². The molecule has 2 rings (SSSR count). The molecule has 5 nitrogen and oxygen atoms in total. The smallest absolute Gasteiger partial charge is 0.231 e. The molecule has 0 bridgehead atoms. The number of nitrogens with zero attached hydrogens (tertiary/aromatic N) is 1. The maximum atomic E-state index is 12.8. The Balaban J connectivity index is 1.96. The van der Waals surface area contributed by atoms with Crippen molar-refractivity contribution >= 4 is 5.91 Å². The van der Waals surface area contributed by atoms with E-state index < -0.39 is 0 Å². The van der Waals surface area contributed by atoms with Crippen molar-refractivity contribution in [3.05, 3.63) is 0 Å². The molecule has 1 unspecified atom stereocenters. The van der Waals surface area contributed by atoms with E-state index in [9.17, 15) is 4.79 Å². The minimum absolute atomic E-state index is 0.214. The van der Waals surface area contributed by atoms with Crippen molar-refractivity contribution in [2.75, 3.05) is 47.0 Å². The van der Waals surface area contributed by atoms with Crippen LogP contribution in [0.2, 0.25) is 0 Å². The molecule has 0 aromatic rings. The lowest BCUT2D eigenvalue weighted by atomic mass is 9.78. The highest BCUT2D eigenvalue weighted by molar-refractivity contribution is 5.83. The average molecular weight is 270 g/mol. The number of piperidine rings is 1. The fourth-order valence-corrected chi connectivity index (χ4v) is 3.18. The fourth-order valence-electron chi connectivity index (χ4n) is 3.18. The number of methoxy groups -OCH3 is 1. The normalized spacial score (nSPS) is 26.3. The molecule has 2 fully saturated rings. The lowest BCUT2D eigenvalue weighted by molar-refractivity contribution is -0.147. The summed E-state index contributed by atoms with van der Waals surface area (Å²) in [6.07, 6.45) is 4.11. The van der Waals surface area contributed by atoms with Crippen LogP contribution in [-0.4, -0.2) is 63.9 Å². The van der Waals surface area contributed by atoms with Crippen LogP contribution < -0.4 is 5.32 Å². The maximum absolute atomic E-state index is 12.8. The van der Waals surface area contributed by atoms with Crippen molar-refractivity contribution in [2.24, 2.45) is 5.41 Å². The third-order valence-electron chi connectivity index (χ3n) is 4.28. The van der Waals surface area contributed by atoms with Crippen molar-refractivity contribution in [1.82, 2.24) is 10.2 Å². The Labute approximate surface area is 115 Å². The molecule has 2 aliphatic rings. The molecule has 19 heavy (non-hydrogen) atoms. The van der Waals surface area contributed by atoms with Gasteiger partial charge in [-0.25, -0.2) is 0 Å². The van der Waals surface area contributed by atoms with Crippen LogP contribution in [0.15, 0.2) is 0 Å². The van der Waals surface area contributed by atoms with Crippen LogP contribution in [0.1, 0.15) is 25.7 Å². The summed E-state index contributed by atoms with van der Waals surface area (Å²) in [7, 11) is 3.57. The van der Waals surface area contributed by atoms with Crippen molar-refractivity contribution in [3.8, 4) is 0 Å². The second-order valence-electron chi connectivity index (χ2n) is 5.78. The van der Waals surface area contributed by atoms with Gasteiger partial charge in [-0.15, -0.1) is 0 Å². The second kappa shape index (κ2) is 6.68. The number of carbonyl (C=O) groups excluding carboxylic acids is 1. The molecule has 0 aromatic carbocycles. The number of amides is 1. The molecule has 2 aliphatic heterocycles. The van der Waals surface area contributed by atoms with Crippen LogP contribution in [0, 0.1) is 5.41 Å². The van der Waals surface area contributed by atoms with Crippen LogP contribution in [0.5, 0.6) is 0 Å². The van der Waals surface area contributed by atoms with E-state index in [1.807, 2.05) is 11.9 Å². The predicted molar refractivity (Wildman–Crippen MR) is 73.0 cm³/mol. The molecule has 0 radical (unpaired) electrons. The molecule has 1 atom stereocenters. The number of rotatable bonds is 5. The summed E-state index contributed by atoms with van der Waals surface area (Å²) in [6.45, 7) is 3.84. The standard InChI is InChI=1S/C14H26N2O3/c1-16(10-12-4-3-9-19-12)13(17)14(11-18-2)5-7-15-8-6-14/h12,15H,3-11H2,1-2H3. The summed E-state index contributed by atoms with van der Waals surface area (Å²) in [5.74, 6) is 0.214. The second-order valence-corrected chi connectivity index (χ2v) is 5.78. The SMILES string of the molecule is COCC1(C(=O)N(C)CC2CCCO2)CCNCC1. The molecule has 0 aromatic heterocycles. The molecule has 0 spiro atoms. The van der Waals surface area contributed by atoms with Gasteiger partial charge in [0.25, 0.3) is 0 Å². The Morgan fingerprint density at radius 3 is 2.79 bits per heavy atom. The molecule has 2 saturated heterocycles. The first-order valence-corrected chi connectivity index (χ1v) is 7.25. The van der Waals surface area contributed by atoms with Gasteiger partial charge in [-0.1, -0.05) is 0 Å². The molecule has 110 valence electrons. The number of nitrogens with one attached hydrogen (secondary N) is 1. The van der Waals surface area contributed by atoms with E-state index in [4.69, 9.17) is 9.47 Å². The lowest BCUT2D eigenvalue weighted by Gasteiger charge is -2.38. The van der Waals surface area contributed by atoms with Gasteiger partial charge in [-0.2, -0.15) is 0 Å². The minimum Gasteiger partial charge on any atom is -0.384 e. The molecule has 5 heteroatoms. The van der Waals surface area contributed by atoms with E-state index in [1.54, 1.807) is 7.11 Å². The van der Waals surface area contributed by atoms with Crippen LogP contribution in [0.25, 0.3) is 0 Å². The quantitative estimate of drug-likeness (QED) is 0.796. The first kappa shape index (κ1) is 14.8. The van der Waals surface area contributed by atoms with Gasteiger partial charge in [-0.05, 0) is 38.8 Å². The Bertz CT molecular complexity index is 292. The van der Waals surface area contributed by atoms with Crippen LogP contribution in [0.3, 0.4) is 0 Å². The molecule has 1 amide bonds. The van der Waals surface area contributed by atoms with E-state index >= 15 is 0 Å². The molecular formula is C14H26N2O3. The predicted octanol–water partition coefficient (Wildman–Crippen LogP) is 0.640. The maximum Gasteiger partial charge on any atom is 0.231 e. The monoisotopic (exact) mass is 270 g/mol. The number of carbonyl (C=O) groups is 1. The molecule has 0 saturated carbocycles. The van der Waals surface area contributed by atoms with Gasteiger partial charge in [0.1, 0.15) is 0 Å². The van der Waals surface area contributed by atoms with Crippen LogP contribution in [0.4, 0.5) is 0 Å². The van der Waals surface area contributed by atoms with E-state index in [0.29, 0.717) is 13.2 Å². The Morgan fingerprint density at radius 2 is 2.21 bits per heavy atom. The van der Waals surface area contributed by atoms with Gasteiger partial charge in [0.05, 0.1) is 18.1 Å². The van der Waals surface area contributed by atoms with Crippen LogP contribution >= 0.6 is 0 Å². The van der Waals surface area contributed by atoms with E-state index in [2.05, 4.69) is 5.32 Å². The number of hydrogen-bond acceptors (Lipinski definition) is 4. The first-order chi connectivity index (χ1) is 9.18. The molecule has 2 heterocycles. The Morgan fingerprint density at radius 1 is 1.47 bits per heavy atom. The third-order valence-corrected chi connectivity index (χ3v) is 4.28. The van der Waals surface area contributed by atoms with E-state index in [-0.39, 0.29) is 17.4 Å². The van der Waals surface area contributed by atoms with Gasteiger partial charge >= 0.3 is 0 Å². The fraction of sp³-hybridized carbons (Fsp3) is 0.929. The Hall–Kier alpha value is -0.650. The summed E-state index contributed by atoms with van der Waals surface area (Å²) < 4.78 is 10.9. The summed E-state index contributed by atoms with van der Waals surface area (Å²) >= 11 is 0. The zero-order valence-corrected chi connectivity index (χ0v) is 12.1. The Kier molecular flexibility index (Phi) is 5.19. The molecule has 1 N–H and O–H groups in total. The van der Waals surface area contributed by atoms with E-state index in [0.717, 1.165) is 45.4 Å². The van der Waals surface area contributed by atoms with Crippen molar-refractivity contribution in [1.29, 1.82) is 0 Å². The van der Waals surface area contributed by atoms with Crippen molar-refractivity contribution in [2.45, 2.75) is 31.8 Å². The van der Waals surface area contributed by atoms with Crippen molar-refractivity contribution < 1.29 is 14.3 Å². The summed E-state index contributed by atoms with van der Waals surface area (Å²) in [5, 5.41) is 3.31. The largest absolute Gasteiger partial charge is 0.384 e. The minimum atomic E-state index is -0.340.